The predicted molar refractivity (Wildman–Crippen MR) is 92.6 cm³/mol. The van der Waals surface area contributed by atoms with Crippen LogP contribution in [0.15, 0.2) is 18.5 Å². The highest BCUT2D eigenvalue weighted by Gasteiger charge is 2.37. The van der Waals surface area contributed by atoms with Gasteiger partial charge in [-0.15, -0.1) is 0 Å². The van der Waals surface area contributed by atoms with E-state index < -0.39 is 17.7 Å². The Morgan fingerprint density at radius 2 is 2.04 bits per heavy atom. The van der Waals surface area contributed by atoms with E-state index in [2.05, 4.69) is 17.2 Å². The molecule has 0 radical (unpaired) electrons. The van der Waals surface area contributed by atoms with E-state index in [9.17, 15) is 14.4 Å². The second kappa shape index (κ2) is 7.21. The number of aromatic nitrogens is 1. The lowest BCUT2D eigenvalue weighted by atomic mass is 9.69. The molecule has 3 atom stereocenters. The number of carbonyl (C=O) groups excluding carboxylic acids is 3. The van der Waals surface area contributed by atoms with Crippen LogP contribution in [0, 0.1) is 17.8 Å². The normalized spacial score (nSPS) is 25.8. The zero-order valence-corrected chi connectivity index (χ0v) is 14.4. The maximum Gasteiger partial charge on any atom is 0.313 e. The molecule has 1 aliphatic heterocycles. The number of pyridine rings is 1. The van der Waals surface area contributed by atoms with Crippen LogP contribution >= 0.6 is 0 Å². The van der Waals surface area contributed by atoms with Crippen LogP contribution in [0.1, 0.15) is 43.0 Å². The van der Waals surface area contributed by atoms with Gasteiger partial charge in [0, 0.05) is 19.3 Å². The van der Waals surface area contributed by atoms with Crippen LogP contribution in [0.25, 0.3) is 0 Å². The van der Waals surface area contributed by atoms with Gasteiger partial charge in [0.1, 0.15) is 0 Å². The summed E-state index contributed by atoms with van der Waals surface area (Å²) in [5.74, 6) is -0.00541. The van der Waals surface area contributed by atoms with E-state index in [-0.39, 0.29) is 11.3 Å². The van der Waals surface area contributed by atoms with Crippen molar-refractivity contribution in [3.63, 3.8) is 0 Å². The fourth-order valence-corrected chi connectivity index (χ4v) is 4.18. The molecule has 2 heterocycles. The Morgan fingerprint density at radius 1 is 1.24 bits per heavy atom. The zero-order chi connectivity index (χ0) is 18.0. The van der Waals surface area contributed by atoms with Crippen molar-refractivity contribution in [1.82, 2.24) is 9.88 Å². The maximum absolute atomic E-state index is 12.5. The van der Waals surface area contributed by atoms with Gasteiger partial charge in [0.05, 0.1) is 17.4 Å². The van der Waals surface area contributed by atoms with E-state index in [1.165, 1.54) is 31.3 Å². The number of primary amides is 1. The Morgan fingerprint density at radius 3 is 2.80 bits per heavy atom. The summed E-state index contributed by atoms with van der Waals surface area (Å²) in [6.07, 6.45) is 7.25. The average Bonchev–Trinajstić information content (AvgIpc) is 2.61. The Bertz CT molecular complexity index is 691. The van der Waals surface area contributed by atoms with Crippen LogP contribution in [-0.4, -0.2) is 40.7 Å². The van der Waals surface area contributed by atoms with Gasteiger partial charge in [-0.2, -0.15) is 0 Å². The first-order valence-electron chi connectivity index (χ1n) is 8.81. The first-order valence-corrected chi connectivity index (χ1v) is 8.81. The number of rotatable bonds is 2. The first kappa shape index (κ1) is 17.4. The molecule has 2 aliphatic rings. The average molecular weight is 344 g/mol. The third-order valence-corrected chi connectivity index (χ3v) is 5.52. The number of likely N-dealkylation sites (tertiary alicyclic amines) is 1. The largest absolute Gasteiger partial charge is 0.366 e. The van der Waals surface area contributed by atoms with Gasteiger partial charge in [-0.25, -0.2) is 0 Å². The highest BCUT2D eigenvalue weighted by molar-refractivity contribution is 6.39. The lowest BCUT2D eigenvalue weighted by Crippen LogP contribution is -2.49. The minimum atomic E-state index is -0.703. The second-order valence-corrected chi connectivity index (χ2v) is 7.15. The number of fused-ring (bicyclic) bond motifs is 1. The molecule has 0 bridgehead atoms. The third kappa shape index (κ3) is 3.81. The summed E-state index contributed by atoms with van der Waals surface area (Å²) in [4.78, 5) is 41.4. The highest BCUT2D eigenvalue weighted by Crippen LogP contribution is 2.39. The number of carbonyl (C=O) groups is 3. The van der Waals surface area contributed by atoms with E-state index in [1.54, 1.807) is 4.90 Å². The van der Waals surface area contributed by atoms with Gasteiger partial charge in [0.2, 0.25) is 5.91 Å². The Balaban J connectivity index is 1.62. The monoisotopic (exact) mass is 344 g/mol. The molecule has 7 nitrogen and oxygen atoms in total. The fourth-order valence-electron chi connectivity index (χ4n) is 4.18. The van der Waals surface area contributed by atoms with Crippen LogP contribution in [-0.2, 0) is 9.59 Å². The van der Waals surface area contributed by atoms with Crippen LogP contribution < -0.4 is 11.1 Å². The summed E-state index contributed by atoms with van der Waals surface area (Å²) in [6, 6.07) is 1.41. The van der Waals surface area contributed by atoms with Crippen molar-refractivity contribution >= 4 is 23.4 Å². The topological polar surface area (TPSA) is 105 Å². The number of nitrogens with one attached hydrogen (secondary N) is 1. The third-order valence-electron chi connectivity index (χ3n) is 5.52. The number of nitrogens with two attached hydrogens (primary N) is 1. The van der Waals surface area contributed by atoms with Crippen molar-refractivity contribution in [2.45, 2.75) is 32.6 Å². The number of hydrogen-bond acceptors (Lipinski definition) is 4. The van der Waals surface area contributed by atoms with Crippen LogP contribution in [0.4, 0.5) is 5.69 Å². The predicted octanol–water partition coefficient (Wildman–Crippen LogP) is 1.40. The fraction of sp³-hybridized carbons (Fsp3) is 0.556. The number of nitrogens with zero attached hydrogens (tertiary/aromatic N) is 2. The number of piperidine rings is 1. The molecule has 134 valence electrons. The lowest BCUT2D eigenvalue weighted by Gasteiger charge is -2.44. The van der Waals surface area contributed by atoms with Crippen molar-refractivity contribution in [3.8, 4) is 0 Å². The standard InChI is InChI=1S/C18H24N4O3/c1-11-3-2-4-12-10-22(6-5-15(11)12)18(25)17(24)21-14-7-13(16(19)23)8-20-9-14/h7-9,11-12,15H,2-6,10H2,1H3,(H2,19,23)(H,21,24)/t11-,12-,15-/m1/s1. The number of anilines is 1. The van der Waals surface area contributed by atoms with E-state index in [0.717, 1.165) is 12.8 Å². The Hall–Kier alpha value is -2.44. The molecular weight excluding hydrogens is 320 g/mol. The maximum atomic E-state index is 12.5. The summed E-state index contributed by atoms with van der Waals surface area (Å²) in [5.41, 5.74) is 5.67. The molecule has 0 spiro atoms. The molecule has 2 fully saturated rings. The number of hydrogen-bond donors (Lipinski definition) is 2. The molecule has 1 aromatic rings. The molecule has 25 heavy (non-hydrogen) atoms. The molecule has 0 unspecified atom stereocenters. The van der Waals surface area contributed by atoms with Crippen LogP contribution in [0.5, 0.6) is 0 Å². The zero-order valence-electron chi connectivity index (χ0n) is 14.4. The number of amides is 3. The van der Waals surface area contributed by atoms with Crippen LogP contribution in [0.3, 0.4) is 0 Å². The van der Waals surface area contributed by atoms with Crippen molar-refractivity contribution in [2.75, 3.05) is 18.4 Å². The SMILES string of the molecule is C[C@@H]1CCC[C@@H]2CN(C(=O)C(=O)Nc3cncc(C(N)=O)c3)CC[C@@H]21. The van der Waals surface area contributed by atoms with Gasteiger partial charge in [-0.1, -0.05) is 19.8 Å². The summed E-state index contributed by atoms with van der Waals surface area (Å²) < 4.78 is 0. The Kier molecular flexibility index (Phi) is 5.01. The molecular formula is C18H24N4O3. The van der Waals surface area contributed by atoms with Crippen molar-refractivity contribution < 1.29 is 14.4 Å². The van der Waals surface area contributed by atoms with Crippen molar-refractivity contribution in [2.24, 2.45) is 23.5 Å². The molecule has 7 heteroatoms. The quantitative estimate of drug-likeness (QED) is 0.791. The minimum Gasteiger partial charge on any atom is -0.366 e. The van der Waals surface area contributed by atoms with E-state index in [4.69, 9.17) is 5.73 Å². The van der Waals surface area contributed by atoms with Gasteiger partial charge >= 0.3 is 11.8 Å². The van der Waals surface area contributed by atoms with Gasteiger partial charge in [0.15, 0.2) is 0 Å². The summed E-state index contributed by atoms with van der Waals surface area (Å²) in [5, 5.41) is 2.51. The van der Waals surface area contributed by atoms with Crippen molar-refractivity contribution in [1.29, 1.82) is 0 Å². The summed E-state index contributed by atoms with van der Waals surface area (Å²) >= 11 is 0. The van der Waals surface area contributed by atoms with Gasteiger partial charge in [0.25, 0.3) is 0 Å². The second-order valence-electron chi connectivity index (χ2n) is 7.15. The molecule has 1 aromatic heterocycles. The van der Waals surface area contributed by atoms with Gasteiger partial charge in [-0.05, 0) is 36.7 Å². The van der Waals surface area contributed by atoms with Crippen LogP contribution in [0.2, 0.25) is 0 Å². The smallest absolute Gasteiger partial charge is 0.313 e. The van der Waals surface area contributed by atoms with Gasteiger partial charge < -0.3 is 16.0 Å². The first-order chi connectivity index (χ1) is 12.0. The summed E-state index contributed by atoms with van der Waals surface area (Å²) in [6.45, 7) is 3.57. The highest BCUT2D eigenvalue weighted by atomic mass is 16.2. The summed E-state index contributed by atoms with van der Waals surface area (Å²) in [7, 11) is 0. The molecule has 3 N–H and O–H groups in total. The molecule has 1 aliphatic carbocycles. The molecule has 3 amide bonds. The molecule has 1 saturated heterocycles. The molecule has 0 aromatic carbocycles. The Labute approximate surface area is 147 Å². The lowest BCUT2D eigenvalue weighted by molar-refractivity contribution is -0.145. The minimum absolute atomic E-state index is 0.183. The molecule has 1 saturated carbocycles. The van der Waals surface area contributed by atoms with E-state index in [1.807, 2.05) is 0 Å². The van der Waals surface area contributed by atoms with E-state index in [0.29, 0.717) is 30.8 Å². The van der Waals surface area contributed by atoms with Gasteiger partial charge in [-0.3, -0.25) is 19.4 Å². The van der Waals surface area contributed by atoms with Crippen molar-refractivity contribution in [3.05, 3.63) is 24.0 Å². The van der Waals surface area contributed by atoms with E-state index >= 15 is 0 Å². The molecule has 3 rings (SSSR count).